The quantitative estimate of drug-likeness (QED) is 0.812. The van der Waals surface area contributed by atoms with Gasteiger partial charge in [0.1, 0.15) is 25.2 Å². The Morgan fingerprint density at radius 2 is 2.08 bits per heavy atom. The van der Waals surface area contributed by atoms with Crippen molar-refractivity contribution < 1.29 is 19.1 Å². The Labute approximate surface area is 140 Å². The van der Waals surface area contributed by atoms with Crippen molar-refractivity contribution in [3.05, 3.63) is 64.7 Å². The minimum absolute atomic E-state index is 0.233. The second-order valence-electron chi connectivity index (χ2n) is 5.75. The molecule has 5 heteroatoms. The van der Waals surface area contributed by atoms with E-state index in [9.17, 15) is 9.59 Å². The summed E-state index contributed by atoms with van der Waals surface area (Å²) in [5.74, 6) is 0.749. The first kappa shape index (κ1) is 16.1. The average Bonchev–Trinajstić information content (AvgIpc) is 2.83. The molecule has 1 aliphatic heterocycles. The first-order chi connectivity index (χ1) is 11.7. The molecule has 0 radical (unpaired) electrons. The number of aryl methyl sites for hydroxylation is 1. The van der Waals surface area contributed by atoms with Gasteiger partial charge in [-0.1, -0.05) is 30.3 Å². The van der Waals surface area contributed by atoms with E-state index in [4.69, 9.17) is 9.47 Å². The molecule has 0 saturated heterocycles. The summed E-state index contributed by atoms with van der Waals surface area (Å²) in [6.45, 7) is 3.34. The van der Waals surface area contributed by atoms with Gasteiger partial charge in [0.15, 0.2) is 0 Å². The molecule has 5 nitrogen and oxygen atoms in total. The van der Waals surface area contributed by atoms with Crippen LogP contribution in [0.1, 0.15) is 27.0 Å². The van der Waals surface area contributed by atoms with E-state index in [0.29, 0.717) is 25.3 Å². The van der Waals surface area contributed by atoms with Gasteiger partial charge in [-0.2, -0.15) is 0 Å². The van der Waals surface area contributed by atoms with Gasteiger partial charge >= 0.3 is 6.09 Å². The molecule has 2 aromatic rings. The van der Waals surface area contributed by atoms with Gasteiger partial charge in [0.25, 0.3) is 0 Å². The lowest BCUT2D eigenvalue weighted by atomic mass is 10.1. The van der Waals surface area contributed by atoms with Gasteiger partial charge in [0.2, 0.25) is 0 Å². The van der Waals surface area contributed by atoms with Crippen molar-refractivity contribution in [1.29, 1.82) is 0 Å². The van der Waals surface area contributed by atoms with E-state index in [1.54, 1.807) is 17.0 Å². The maximum atomic E-state index is 12.4. The fraction of sp³-hybridized carbons (Fsp3) is 0.263. The highest BCUT2D eigenvalue weighted by molar-refractivity contribution is 5.77. The number of hydrogen-bond acceptors (Lipinski definition) is 4. The van der Waals surface area contributed by atoms with Gasteiger partial charge in [-0.25, -0.2) is 4.79 Å². The zero-order valence-electron chi connectivity index (χ0n) is 13.5. The highest BCUT2D eigenvalue weighted by Gasteiger charge is 2.22. The fourth-order valence-corrected chi connectivity index (χ4v) is 2.78. The second kappa shape index (κ2) is 7.17. The maximum absolute atomic E-state index is 12.4. The van der Waals surface area contributed by atoms with Gasteiger partial charge in [0.05, 0.1) is 13.1 Å². The van der Waals surface area contributed by atoms with E-state index < -0.39 is 0 Å². The summed E-state index contributed by atoms with van der Waals surface area (Å²) in [6, 6.07) is 13.1. The molecule has 2 aromatic carbocycles. The number of carbonyl (C=O) groups is 2. The van der Waals surface area contributed by atoms with E-state index in [1.165, 1.54) is 0 Å². The van der Waals surface area contributed by atoms with Crippen molar-refractivity contribution in [2.24, 2.45) is 0 Å². The summed E-state index contributed by atoms with van der Waals surface area (Å²) in [5.41, 5.74) is 3.24. The van der Waals surface area contributed by atoms with Gasteiger partial charge in [-0.3, -0.25) is 4.79 Å². The molecule has 0 N–H and O–H groups in total. The summed E-state index contributed by atoms with van der Waals surface area (Å²) in [7, 11) is 0. The molecule has 0 saturated carbocycles. The molecule has 124 valence electrons. The van der Waals surface area contributed by atoms with Crippen molar-refractivity contribution >= 4 is 12.4 Å². The number of nitrogens with zero attached hydrogens (tertiary/aromatic N) is 1. The molecule has 0 aromatic heterocycles. The van der Waals surface area contributed by atoms with Crippen molar-refractivity contribution in [2.75, 3.05) is 13.2 Å². The van der Waals surface area contributed by atoms with Crippen LogP contribution in [0.15, 0.2) is 42.5 Å². The number of amides is 1. The SMILES string of the molecule is Cc1cc(C=O)cc2c1OCCN(C(=O)OCc1ccccc1)C2. The van der Waals surface area contributed by atoms with Crippen LogP contribution in [0.4, 0.5) is 4.79 Å². The number of benzene rings is 2. The summed E-state index contributed by atoms with van der Waals surface area (Å²) in [6.07, 6.45) is 0.417. The van der Waals surface area contributed by atoms with E-state index >= 15 is 0 Å². The summed E-state index contributed by atoms with van der Waals surface area (Å²) < 4.78 is 11.1. The molecule has 0 bridgehead atoms. The van der Waals surface area contributed by atoms with Crippen LogP contribution in [0.5, 0.6) is 5.75 Å². The molecule has 1 aliphatic rings. The molecule has 1 amide bonds. The molecule has 24 heavy (non-hydrogen) atoms. The zero-order valence-corrected chi connectivity index (χ0v) is 13.5. The first-order valence-corrected chi connectivity index (χ1v) is 7.84. The van der Waals surface area contributed by atoms with Crippen LogP contribution in [0.3, 0.4) is 0 Å². The van der Waals surface area contributed by atoms with E-state index in [-0.39, 0.29) is 12.7 Å². The third-order valence-electron chi connectivity index (χ3n) is 3.94. The largest absolute Gasteiger partial charge is 0.491 e. The molecular formula is C19H19NO4. The van der Waals surface area contributed by atoms with Crippen LogP contribution in [-0.4, -0.2) is 30.4 Å². The molecule has 0 unspecified atom stereocenters. The van der Waals surface area contributed by atoms with Gasteiger partial charge in [-0.15, -0.1) is 0 Å². The third kappa shape index (κ3) is 3.56. The fourth-order valence-electron chi connectivity index (χ4n) is 2.78. The summed E-state index contributed by atoms with van der Waals surface area (Å²) >= 11 is 0. The molecule has 0 fully saturated rings. The highest BCUT2D eigenvalue weighted by Crippen LogP contribution is 2.28. The third-order valence-corrected chi connectivity index (χ3v) is 3.94. The number of ether oxygens (including phenoxy) is 2. The van der Waals surface area contributed by atoms with Crippen LogP contribution < -0.4 is 4.74 Å². The lowest BCUT2D eigenvalue weighted by Gasteiger charge is -2.19. The van der Waals surface area contributed by atoms with E-state index in [2.05, 4.69) is 0 Å². The number of hydrogen-bond donors (Lipinski definition) is 0. The van der Waals surface area contributed by atoms with Crippen molar-refractivity contribution in [3.63, 3.8) is 0 Å². The van der Waals surface area contributed by atoms with Gasteiger partial charge < -0.3 is 14.4 Å². The molecule has 3 rings (SSSR count). The lowest BCUT2D eigenvalue weighted by molar-refractivity contribution is 0.0913. The lowest BCUT2D eigenvalue weighted by Crippen LogP contribution is -2.32. The monoisotopic (exact) mass is 325 g/mol. The van der Waals surface area contributed by atoms with Crippen molar-refractivity contribution in [2.45, 2.75) is 20.1 Å². The van der Waals surface area contributed by atoms with Crippen LogP contribution in [0.25, 0.3) is 0 Å². The molecule has 1 heterocycles. The van der Waals surface area contributed by atoms with Crippen LogP contribution >= 0.6 is 0 Å². The summed E-state index contributed by atoms with van der Waals surface area (Å²) in [5, 5.41) is 0. The first-order valence-electron chi connectivity index (χ1n) is 7.84. The minimum atomic E-state index is -0.385. The molecule has 0 atom stereocenters. The standard InChI is InChI=1S/C19H19NO4/c1-14-9-16(12-21)10-17-11-20(7-8-23-18(14)17)19(22)24-13-15-5-3-2-4-6-15/h2-6,9-10,12H,7-8,11,13H2,1H3. The Morgan fingerprint density at radius 1 is 1.29 bits per heavy atom. The second-order valence-corrected chi connectivity index (χ2v) is 5.75. The Kier molecular flexibility index (Phi) is 4.79. The molecular weight excluding hydrogens is 306 g/mol. The maximum Gasteiger partial charge on any atom is 0.410 e. The number of carbonyl (C=O) groups excluding carboxylic acids is 2. The average molecular weight is 325 g/mol. The smallest absolute Gasteiger partial charge is 0.410 e. The Bertz CT molecular complexity index is 743. The number of aldehydes is 1. The minimum Gasteiger partial charge on any atom is -0.491 e. The van der Waals surface area contributed by atoms with Gasteiger partial charge in [0, 0.05) is 11.1 Å². The van der Waals surface area contributed by atoms with E-state index in [0.717, 1.165) is 28.7 Å². The van der Waals surface area contributed by atoms with Crippen molar-refractivity contribution in [1.82, 2.24) is 4.90 Å². The highest BCUT2D eigenvalue weighted by atomic mass is 16.6. The Balaban J connectivity index is 1.72. The summed E-state index contributed by atoms with van der Waals surface area (Å²) in [4.78, 5) is 25.0. The van der Waals surface area contributed by atoms with Crippen molar-refractivity contribution in [3.8, 4) is 5.75 Å². The Morgan fingerprint density at radius 3 is 2.83 bits per heavy atom. The Hall–Kier alpha value is -2.82. The van der Waals surface area contributed by atoms with Gasteiger partial charge in [-0.05, 0) is 30.2 Å². The number of fused-ring (bicyclic) bond motifs is 1. The normalized spacial score (nSPS) is 13.5. The van der Waals surface area contributed by atoms with Crippen LogP contribution in [0, 0.1) is 6.92 Å². The topological polar surface area (TPSA) is 55.8 Å². The molecule has 0 aliphatic carbocycles. The van der Waals surface area contributed by atoms with Crippen LogP contribution in [-0.2, 0) is 17.9 Å². The van der Waals surface area contributed by atoms with Crippen LogP contribution in [0.2, 0.25) is 0 Å². The van der Waals surface area contributed by atoms with E-state index in [1.807, 2.05) is 37.3 Å². The predicted molar refractivity (Wildman–Crippen MR) is 89.1 cm³/mol. The zero-order chi connectivity index (χ0) is 16.9. The predicted octanol–water partition coefficient (Wildman–Crippen LogP) is 3.34. The molecule has 0 spiro atoms. The number of rotatable bonds is 3.